The summed E-state index contributed by atoms with van der Waals surface area (Å²) in [6.45, 7) is 6.15. The van der Waals surface area contributed by atoms with E-state index in [1.165, 1.54) is 28.0 Å². The topological polar surface area (TPSA) is 45.2 Å². The number of aryl methyl sites for hydroxylation is 2. The second-order valence-electron chi connectivity index (χ2n) is 7.56. The van der Waals surface area contributed by atoms with Crippen LogP contribution in [0.25, 0.3) is 10.2 Å². The summed E-state index contributed by atoms with van der Waals surface area (Å²) in [7, 11) is 0. The average molecular weight is 398 g/mol. The molecule has 28 heavy (non-hydrogen) atoms. The lowest BCUT2D eigenvalue weighted by molar-refractivity contribution is -0.125. The zero-order valence-electron chi connectivity index (χ0n) is 16.2. The lowest BCUT2D eigenvalue weighted by atomic mass is 9.97. The molecule has 4 nitrogen and oxygen atoms in total. The second-order valence-corrected chi connectivity index (χ2v) is 8.57. The summed E-state index contributed by atoms with van der Waals surface area (Å²) in [5.74, 6) is -0.323. The maximum absolute atomic E-state index is 13.3. The third-order valence-corrected chi connectivity index (χ3v) is 6.30. The minimum absolute atomic E-state index is 0.0297. The predicted molar refractivity (Wildman–Crippen MR) is 112 cm³/mol. The van der Waals surface area contributed by atoms with Crippen molar-refractivity contribution in [3.05, 3.63) is 58.9 Å². The molecule has 1 aromatic heterocycles. The van der Waals surface area contributed by atoms with Crippen molar-refractivity contribution in [3.63, 3.8) is 0 Å². The van der Waals surface area contributed by atoms with Gasteiger partial charge in [0.25, 0.3) is 0 Å². The molecule has 0 aliphatic carbocycles. The van der Waals surface area contributed by atoms with E-state index in [0.29, 0.717) is 13.1 Å². The molecule has 0 radical (unpaired) electrons. The predicted octanol–water partition coefficient (Wildman–Crippen LogP) is 4.59. The van der Waals surface area contributed by atoms with Gasteiger partial charge in [0.05, 0.1) is 16.1 Å². The molecule has 1 saturated heterocycles. The van der Waals surface area contributed by atoms with Crippen LogP contribution in [-0.2, 0) is 11.3 Å². The third-order valence-electron chi connectivity index (χ3n) is 5.24. The van der Waals surface area contributed by atoms with E-state index in [-0.39, 0.29) is 17.6 Å². The Hall–Kier alpha value is -2.47. The van der Waals surface area contributed by atoms with Crippen molar-refractivity contribution in [1.82, 2.24) is 10.3 Å². The van der Waals surface area contributed by atoms with Gasteiger partial charge in [-0.1, -0.05) is 29.5 Å². The number of rotatable bonds is 4. The minimum Gasteiger partial charge on any atom is -0.352 e. The van der Waals surface area contributed by atoms with Gasteiger partial charge in [-0.2, -0.15) is 0 Å². The minimum atomic E-state index is -0.281. The zero-order chi connectivity index (χ0) is 19.7. The van der Waals surface area contributed by atoms with E-state index in [4.69, 9.17) is 4.98 Å². The molecule has 1 N–H and O–H groups in total. The third kappa shape index (κ3) is 4.02. The van der Waals surface area contributed by atoms with Crippen LogP contribution in [0.5, 0.6) is 0 Å². The first-order chi connectivity index (χ1) is 13.5. The number of hydrogen-bond donors (Lipinski definition) is 1. The van der Waals surface area contributed by atoms with Gasteiger partial charge in [-0.15, -0.1) is 0 Å². The number of piperidine rings is 1. The number of nitrogens with one attached hydrogen (secondary N) is 1. The Morgan fingerprint density at radius 2 is 2.18 bits per heavy atom. The molecular formula is C22H24FN3OS. The van der Waals surface area contributed by atoms with Crippen molar-refractivity contribution in [2.75, 3.05) is 18.0 Å². The van der Waals surface area contributed by atoms with Crippen LogP contribution >= 0.6 is 11.3 Å². The molecule has 3 aromatic rings. The Labute approximate surface area is 168 Å². The number of fused-ring (bicyclic) bond motifs is 1. The van der Waals surface area contributed by atoms with E-state index in [0.717, 1.165) is 35.6 Å². The van der Waals surface area contributed by atoms with Gasteiger partial charge in [0.2, 0.25) is 5.91 Å². The molecule has 1 atom stereocenters. The molecule has 1 aliphatic heterocycles. The standard InChI is InChI=1S/C22H24FN3OS/c1-14-9-15(2)20-19(10-14)28-22(25-20)26-8-4-6-17(13-26)21(27)24-12-16-5-3-7-18(23)11-16/h3,5,7,9-11,17H,4,6,8,12-13H2,1-2H3,(H,24,27)/t17-/m1/s1. The first kappa shape index (κ1) is 18.9. The molecule has 1 aliphatic rings. The van der Waals surface area contributed by atoms with Crippen LogP contribution < -0.4 is 10.2 Å². The Balaban J connectivity index is 1.44. The summed E-state index contributed by atoms with van der Waals surface area (Å²) in [5, 5.41) is 3.95. The summed E-state index contributed by atoms with van der Waals surface area (Å²) in [4.78, 5) is 19.7. The molecule has 146 valence electrons. The Morgan fingerprint density at radius 1 is 1.32 bits per heavy atom. The number of nitrogens with zero attached hydrogens (tertiary/aromatic N) is 2. The molecule has 0 spiro atoms. The molecule has 4 rings (SSSR count). The van der Waals surface area contributed by atoms with Crippen LogP contribution in [0.2, 0.25) is 0 Å². The van der Waals surface area contributed by atoms with E-state index in [9.17, 15) is 9.18 Å². The SMILES string of the molecule is Cc1cc(C)c2nc(N3CCC[C@@H](C(=O)NCc4cccc(F)c4)C3)sc2c1. The number of halogens is 1. The highest BCUT2D eigenvalue weighted by atomic mass is 32.1. The molecule has 2 aromatic carbocycles. The number of aromatic nitrogens is 1. The van der Waals surface area contributed by atoms with Crippen LogP contribution in [0.4, 0.5) is 9.52 Å². The van der Waals surface area contributed by atoms with Crippen molar-refractivity contribution in [3.8, 4) is 0 Å². The first-order valence-electron chi connectivity index (χ1n) is 9.64. The molecule has 0 saturated carbocycles. The van der Waals surface area contributed by atoms with Crippen molar-refractivity contribution in [2.24, 2.45) is 5.92 Å². The van der Waals surface area contributed by atoms with Gasteiger partial charge in [0, 0.05) is 19.6 Å². The van der Waals surface area contributed by atoms with Gasteiger partial charge in [0.1, 0.15) is 5.82 Å². The molecule has 0 unspecified atom stereocenters. The normalized spacial score (nSPS) is 17.1. The highest BCUT2D eigenvalue weighted by molar-refractivity contribution is 7.22. The summed E-state index contributed by atoms with van der Waals surface area (Å²) in [5.41, 5.74) is 4.27. The van der Waals surface area contributed by atoms with Gasteiger partial charge in [-0.25, -0.2) is 9.37 Å². The zero-order valence-corrected chi connectivity index (χ0v) is 17.0. The Morgan fingerprint density at radius 3 is 3.00 bits per heavy atom. The Bertz CT molecular complexity index is 1020. The molecule has 2 heterocycles. The van der Waals surface area contributed by atoms with Crippen molar-refractivity contribution in [1.29, 1.82) is 0 Å². The largest absolute Gasteiger partial charge is 0.352 e. The Kier molecular flexibility index (Phi) is 5.31. The number of thiazole rings is 1. The second kappa shape index (κ2) is 7.87. The fourth-order valence-electron chi connectivity index (χ4n) is 3.84. The molecule has 1 amide bonds. The maximum atomic E-state index is 13.3. The van der Waals surface area contributed by atoms with Gasteiger partial charge in [0.15, 0.2) is 5.13 Å². The van der Waals surface area contributed by atoms with E-state index in [2.05, 4.69) is 36.2 Å². The maximum Gasteiger partial charge on any atom is 0.225 e. The van der Waals surface area contributed by atoms with Crippen molar-refractivity contribution in [2.45, 2.75) is 33.2 Å². The first-order valence-corrected chi connectivity index (χ1v) is 10.5. The van der Waals surface area contributed by atoms with E-state index in [1.807, 2.05) is 6.07 Å². The van der Waals surface area contributed by atoms with E-state index >= 15 is 0 Å². The van der Waals surface area contributed by atoms with Crippen LogP contribution in [0.3, 0.4) is 0 Å². The van der Waals surface area contributed by atoms with Gasteiger partial charge < -0.3 is 10.2 Å². The lowest BCUT2D eigenvalue weighted by Gasteiger charge is -2.31. The number of anilines is 1. The van der Waals surface area contributed by atoms with Gasteiger partial charge >= 0.3 is 0 Å². The van der Waals surface area contributed by atoms with E-state index < -0.39 is 0 Å². The summed E-state index contributed by atoms with van der Waals surface area (Å²) in [6.07, 6.45) is 1.83. The van der Waals surface area contributed by atoms with E-state index in [1.54, 1.807) is 17.4 Å². The highest BCUT2D eigenvalue weighted by Crippen LogP contribution is 2.33. The summed E-state index contributed by atoms with van der Waals surface area (Å²) < 4.78 is 14.5. The van der Waals surface area contributed by atoms with Gasteiger partial charge in [-0.3, -0.25) is 4.79 Å². The fourth-order valence-corrected chi connectivity index (χ4v) is 5.02. The summed E-state index contributed by atoms with van der Waals surface area (Å²) >= 11 is 1.70. The van der Waals surface area contributed by atoms with Crippen LogP contribution in [0, 0.1) is 25.6 Å². The molecule has 0 bridgehead atoms. The number of amides is 1. The molecule has 1 fully saturated rings. The van der Waals surface area contributed by atoms with Crippen LogP contribution in [0.15, 0.2) is 36.4 Å². The smallest absolute Gasteiger partial charge is 0.225 e. The van der Waals surface area contributed by atoms with Crippen LogP contribution in [0.1, 0.15) is 29.5 Å². The number of hydrogen-bond acceptors (Lipinski definition) is 4. The van der Waals surface area contributed by atoms with Crippen molar-refractivity contribution < 1.29 is 9.18 Å². The summed E-state index contributed by atoms with van der Waals surface area (Å²) in [6, 6.07) is 10.7. The number of carbonyl (C=O) groups is 1. The number of carbonyl (C=O) groups excluding carboxylic acids is 1. The molecular weight excluding hydrogens is 373 g/mol. The number of benzene rings is 2. The lowest BCUT2D eigenvalue weighted by Crippen LogP contribution is -2.42. The van der Waals surface area contributed by atoms with Crippen LogP contribution in [-0.4, -0.2) is 24.0 Å². The quantitative estimate of drug-likeness (QED) is 0.701. The molecule has 6 heteroatoms. The van der Waals surface area contributed by atoms with Crippen molar-refractivity contribution >= 4 is 32.6 Å². The monoisotopic (exact) mass is 397 g/mol. The average Bonchev–Trinajstić information content (AvgIpc) is 3.11. The highest BCUT2D eigenvalue weighted by Gasteiger charge is 2.27. The fraction of sp³-hybridized carbons (Fsp3) is 0.364. The van der Waals surface area contributed by atoms with Gasteiger partial charge in [-0.05, 0) is 61.6 Å².